The summed E-state index contributed by atoms with van der Waals surface area (Å²) in [6.07, 6.45) is 0.762. The van der Waals surface area contributed by atoms with E-state index in [9.17, 15) is 4.79 Å². The number of rotatable bonds is 4. The van der Waals surface area contributed by atoms with E-state index in [1.807, 2.05) is 41.8 Å². The van der Waals surface area contributed by atoms with Gasteiger partial charge in [-0.15, -0.1) is 11.3 Å². The summed E-state index contributed by atoms with van der Waals surface area (Å²) in [4.78, 5) is 11.5. The molecule has 5 heteroatoms. The molecular formula is C13H13ClN2OS. The molecule has 0 aliphatic heterocycles. The number of thiophene rings is 1. The predicted molar refractivity (Wildman–Crippen MR) is 76.5 cm³/mol. The maximum Gasteiger partial charge on any atom is 0.319 e. The lowest BCUT2D eigenvalue weighted by molar-refractivity contribution is 0.252. The van der Waals surface area contributed by atoms with Crippen LogP contribution in [0.25, 0.3) is 0 Å². The van der Waals surface area contributed by atoms with E-state index in [-0.39, 0.29) is 6.03 Å². The third kappa shape index (κ3) is 4.05. The van der Waals surface area contributed by atoms with E-state index in [1.54, 1.807) is 0 Å². The van der Waals surface area contributed by atoms with Gasteiger partial charge in [-0.05, 0) is 41.6 Å². The fraction of sp³-hybridized carbons (Fsp3) is 0.154. The minimum Gasteiger partial charge on any atom is -0.338 e. The first kappa shape index (κ1) is 12.9. The molecule has 0 bridgehead atoms. The summed E-state index contributed by atoms with van der Waals surface area (Å²) in [6, 6.07) is 11.2. The number of carbonyl (C=O) groups excluding carboxylic acids is 1. The molecule has 2 amide bonds. The lowest BCUT2D eigenvalue weighted by Gasteiger charge is -2.06. The highest BCUT2D eigenvalue weighted by Gasteiger charge is 2.01. The maximum atomic E-state index is 11.5. The van der Waals surface area contributed by atoms with Crippen LogP contribution in [0.15, 0.2) is 41.8 Å². The molecule has 0 spiro atoms. The highest BCUT2D eigenvalue weighted by molar-refractivity contribution is 7.14. The van der Waals surface area contributed by atoms with Crippen molar-refractivity contribution in [2.75, 3.05) is 11.9 Å². The first-order chi connectivity index (χ1) is 8.74. The van der Waals surface area contributed by atoms with Gasteiger partial charge in [-0.1, -0.05) is 23.7 Å². The van der Waals surface area contributed by atoms with Crippen LogP contribution < -0.4 is 10.6 Å². The topological polar surface area (TPSA) is 41.1 Å². The molecule has 0 saturated heterocycles. The number of hydrogen-bond donors (Lipinski definition) is 2. The van der Waals surface area contributed by atoms with Gasteiger partial charge in [-0.3, -0.25) is 5.32 Å². The Kier molecular flexibility index (Phi) is 4.61. The van der Waals surface area contributed by atoms with Gasteiger partial charge in [0.2, 0.25) is 0 Å². The Bertz CT molecular complexity index is 513. The Morgan fingerprint density at radius 3 is 2.89 bits per heavy atom. The van der Waals surface area contributed by atoms with Crippen molar-refractivity contribution >= 4 is 34.0 Å². The quantitative estimate of drug-likeness (QED) is 0.879. The van der Waals surface area contributed by atoms with Gasteiger partial charge in [0.1, 0.15) is 0 Å². The van der Waals surface area contributed by atoms with Gasteiger partial charge in [-0.2, -0.15) is 0 Å². The monoisotopic (exact) mass is 280 g/mol. The Morgan fingerprint density at radius 1 is 1.28 bits per heavy atom. The van der Waals surface area contributed by atoms with Crippen molar-refractivity contribution in [3.63, 3.8) is 0 Å². The minimum atomic E-state index is -0.181. The lowest BCUT2D eigenvalue weighted by Crippen LogP contribution is -2.30. The molecule has 1 aromatic heterocycles. The molecule has 1 aromatic carbocycles. The second kappa shape index (κ2) is 6.42. The highest BCUT2D eigenvalue weighted by Crippen LogP contribution is 2.14. The number of nitrogens with one attached hydrogen (secondary N) is 2. The van der Waals surface area contributed by atoms with Crippen LogP contribution in [0.3, 0.4) is 0 Å². The standard InChI is InChI=1S/C13H13ClN2OS/c14-11-4-1-3-10(9-11)6-7-15-13(17)16-12-5-2-8-18-12/h1-5,8-9H,6-7H2,(H2,15,16,17). The third-order valence-corrected chi connectivity index (χ3v) is 3.37. The molecule has 94 valence electrons. The number of benzene rings is 1. The zero-order valence-electron chi connectivity index (χ0n) is 9.65. The summed E-state index contributed by atoms with van der Waals surface area (Å²) in [7, 11) is 0. The van der Waals surface area contributed by atoms with E-state index in [0.29, 0.717) is 6.54 Å². The van der Waals surface area contributed by atoms with Gasteiger partial charge in [0.15, 0.2) is 0 Å². The average molecular weight is 281 g/mol. The number of hydrogen-bond acceptors (Lipinski definition) is 2. The second-order valence-electron chi connectivity index (χ2n) is 3.74. The first-order valence-corrected chi connectivity index (χ1v) is 6.82. The second-order valence-corrected chi connectivity index (χ2v) is 5.12. The van der Waals surface area contributed by atoms with Gasteiger partial charge in [0, 0.05) is 11.6 Å². The lowest BCUT2D eigenvalue weighted by atomic mass is 10.1. The van der Waals surface area contributed by atoms with E-state index >= 15 is 0 Å². The molecule has 0 fully saturated rings. The summed E-state index contributed by atoms with van der Waals surface area (Å²) in [6.45, 7) is 0.581. The average Bonchev–Trinajstić information content (AvgIpc) is 2.82. The van der Waals surface area contributed by atoms with Gasteiger partial charge in [0.05, 0.1) is 5.00 Å². The fourth-order valence-electron chi connectivity index (χ4n) is 1.52. The summed E-state index contributed by atoms with van der Waals surface area (Å²) in [5.74, 6) is 0. The summed E-state index contributed by atoms with van der Waals surface area (Å²) < 4.78 is 0. The molecule has 0 aliphatic carbocycles. The molecule has 2 aromatic rings. The van der Waals surface area contributed by atoms with Crippen LogP contribution in [0.4, 0.5) is 9.80 Å². The highest BCUT2D eigenvalue weighted by atomic mass is 35.5. The smallest absolute Gasteiger partial charge is 0.319 e. The molecule has 0 aliphatic rings. The molecule has 1 heterocycles. The predicted octanol–water partition coefficient (Wildman–Crippen LogP) is 3.77. The van der Waals surface area contributed by atoms with Crippen molar-refractivity contribution in [2.45, 2.75) is 6.42 Å². The molecule has 2 N–H and O–H groups in total. The van der Waals surface area contributed by atoms with Crippen LogP contribution in [0, 0.1) is 0 Å². The molecule has 18 heavy (non-hydrogen) atoms. The van der Waals surface area contributed by atoms with Crippen molar-refractivity contribution in [2.24, 2.45) is 0 Å². The molecule has 0 atom stereocenters. The number of carbonyl (C=O) groups is 1. The van der Waals surface area contributed by atoms with Crippen molar-refractivity contribution in [1.29, 1.82) is 0 Å². The van der Waals surface area contributed by atoms with Crippen LogP contribution in [0.2, 0.25) is 5.02 Å². The fourth-order valence-corrected chi connectivity index (χ4v) is 2.34. The summed E-state index contributed by atoms with van der Waals surface area (Å²) in [5, 5.41) is 9.04. The number of amides is 2. The first-order valence-electron chi connectivity index (χ1n) is 5.57. The Labute approximate surface area is 115 Å². The number of anilines is 1. The number of urea groups is 1. The van der Waals surface area contributed by atoms with Gasteiger partial charge >= 0.3 is 6.03 Å². The largest absolute Gasteiger partial charge is 0.338 e. The molecule has 0 saturated carbocycles. The summed E-state index contributed by atoms with van der Waals surface area (Å²) in [5.41, 5.74) is 1.11. The Morgan fingerprint density at radius 2 is 2.17 bits per heavy atom. The van der Waals surface area contributed by atoms with Gasteiger partial charge < -0.3 is 5.32 Å². The van der Waals surface area contributed by atoms with E-state index in [4.69, 9.17) is 11.6 Å². The van der Waals surface area contributed by atoms with E-state index in [1.165, 1.54) is 11.3 Å². The molecule has 2 rings (SSSR count). The molecule has 0 unspecified atom stereocenters. The zero-order chi connectivity index (χ0) is 12.8. The zero-order valence-corrected chi connectivity index (χ0v) is 11.2. The number of halogens is 1. The van der Waals surface area contributed by atoms with Crippen molar-refractivity contribution < 1.29 is 4.79 Å². The van der Waals surface area contributed by atoms with E-state index in [0.717, 1.165) is 22.0 Å². The Hall–Kier alpha value is -1.52. The maximum absolute atomic E-state index is 11.5. The van der Waals surface area contributed by atoms with Crippen molar-refractivity contribution in [3.05, 3.63) is 52.4 Å². The normalized spacial score (nSPS) is 10.1. The minimum absolute atomic E-state index is 0.181. The third-order valence-electron chi connectivity index (χ3n) is 2.35. The van der Waals surface area contributed by atoms with Crippen molar-refractivity contribution in [1.82, 2.24) is 5.32 Å². The van der Waals surface area contributed by atoms with E-state index in [2.05, 4.69) is 10.6 Å². The van der Waals surface area contributed by atoms with Crippen LogP contribution >= 0.6 is 22.9 Å². The molecule has 3 nitrogen and oxygen atoms in total. The molecular weight excluding hydrogens is 268 g/mol. The SMILES string of the molecule is O=C(NCCc1cccc(Cl)c1)Nc1cccs1. The van der Waals surface area contributed by atoms with Crippen LogP contribution in [-0.2, 0) is 6.42 Å². The Balaban J connectivity index is 1.73. The van der Waals surface area contributed by atoms with Crippen molar-refractivity contribution in [3.8, 4) is 0 Å². The summed E-state index contributed by atoms with van der Waals surface area (Å²) >= 11 is 7.38. The van der Waals surface area contributed by atoms with Gasteiger partial charge in [-0.25, -0.2) is 4.79 Å². The molecule has 0 radical (unpaired) electrons. The van der Waals surface area contributed by atoms with Gasteiger partial charge in [0.25, 0.3) is 0 Å². The van der Waals surface area contributed by atoms with Crippen LogP contribution in [0.5, 0.6) is 0 Å². The van der Waals surface area contributed by atoms with Crippen LogP contribution in [-0.4, -0.2) is 12.6 Å². The van der Waals surface area contributed by atoms with E-state index < -0.39 is 0 Å². The van der Waals surface area contributed by atoms with Crippen LogP contribution in [0.1, 0.15) is 5.56 Å².